The van der Waals surface area contributed by atoms with Crippen LogP contribution in [-0.2, 0) is 33.3 Å². The molecule has 8 unspecified atom stereocenters. The summed E-state index contributed by atoms with van der Waals surface area (Å²) in [7, 11) is 0. The van der Waals surface area contributed by atoms with Crippen molar-refractivity contribution in [2.45, 2.75) is 52.2 Å². The van der Waals surface area contributed by atoms with Gasteiger partial charge in [0.2, 0.25) is 0 Å². The average Bonchev–Trinajstić information content (AvgIpc) is 3.40. The summed E-state index contributed by atoms with van der Waals surface area (Å²) >= 11 is 0. The molecule has 0 spiro atoms. The minimum Gasteiger partial charge on any atom is -0.513 e. The Kier molecular flexibility index (Phi) is 6.91. The molecule has 2 aliphatic heterocycles. The van der Waals surface area contributed by atoms with E-state index in [9.17, 15) is 19.5 Å². The van der Waals surface area contributed by atoms with Gasteiger partial charge in [0.25, 0.3) is 0 Å². The number of carbonyl (C=O) groups is 3. The molecular formula is C24H34O8. The standard InChI is InChI=1S/C24H34O8/c1-12-16-9-15(10-18(16)14(3)25)21(12)19(11-17-13(2)22(26)32-24(17)28)23(27)31-8-5-20-29-6-4-7-30-20/h12-13,15-21,25H,3-11H2,1-2H3. The quantitative estimate of drug-likeness (QED) is 0.342. The highest BCUT2D eigenvalue weighted by atomic mass is 16.7. The van der Waals surface area contributed by atoms with Crippen LogP contribution in [0.4, 0.5) is 0 Å². The van der Waals surface area contributed by atoms with Crippen molar-refractivity contribution in [3.8, 4) is 0 Å². The van der Waals surface area contributed by atoms with Crippen LogP contribution in [0.1, 0.15) is 46.0 Å². The lowest BCUT2D eigenvalue weighted by Gasteiger charge is -2.38. The van der Waals surface area contributed by atoms with E-state index in [1.807, 2.05) is 0 Å². The maximum atomic E-state index is 13.3. The lowest BCUT2D eigenvalue weighted by molar-refractivity contribution is -0.188. The van der Waals surface area contributed by atoms with E-state index >= 15 is 0 Å². The molecule has 2 aliphatic carbocycles. The van der Waals surface area contributed by atoms with E-state index in [2.05, 4.69) is 13.5 Å². The molecule has 0 amide bonds. The summed E-state index contributed by atoms with van der Waals surface area (Å²) in [5.74, 6) is -2.16. The van der Waals surface area contributed by atoms with Gasteiger partial charge in [-0.05, 0) is 49.4 Å². The summed E-state index contributed by atoms with van der Waals surface area (Å²) in [6.45, 7) is 8.96. The van der Waals surface area contributed by atoms with Gasteiger partial charge < -0.3 is 24.1 Å². The van der Waals surface area contributed by atoms with E-state index in [0.717, 1.165) is 19.3 Å². The van der Waals surface area contributed by atoms with Gasteiger partial charge in [-0.2, -0.15) is 0 Å². The van der Waals surface area contributed by atoms with Gasteiger partial charge in [-0.1, -0.05) is 20.4 Å². The number of carbonyl (C=O) groups excluding carboxylic acids is 3. The largest absolute Gasteiger partial charge is 0.513 e. The number of cyclic esters (lactones) is 2. The summed E-state index contributed by atoms with van der Waals surface area (Å²) < 4.78 is 21.5. The second kappa shape index (κ2) is 9.51. The zero-order chi connectivity index (χ0) is 23.0. The van der Waals surface area contributed by atoms with Crippen LogP contribution in [0.25, 0.3) is 0 Å². The fourth-order valence-electron chi connectivity index (χ4n) is 6.49. The molecule has 1 N–H and O–H groups in total. The first kappa shape index (κ1) is 23.2. The van der Waals surface area contributed by atoms with Crippen LogP contribution in [0.5, 0.6) is 0 Å². The Morgan fingerprint density at radius 3 is 2.50 bits per heavy atom. The Labute approximate surface area is 188 Å². The van der Waals surface area contributed by atoms with Gasteiger partial charge in [-0.15, -0.1) is 0 Å². The third-order valence-electron chi connectivity index (χ3n) is 8.15. The minimum absolute atomic E-state index is 0.0287. The zero-order valence-electron chi connectivity index (χ0n) is 18.9. The van der Waals surface area contributed by atoms with E-state index < -0.39 is 29.7 Å². The highest BCUT2D eigenvalue weighted by Gasteiger charge is 2.56. The topological polar surface area (TPSA) is 108 Å². The zero-order valence-corrected chi connectivity index (χ0v) is 18.9. The molecule has 32 heavy (non-hydrogen) atoms. The molecule has 4 aliphatic rings. The van der Waals surface area contributed by atoms with Gasteiger partial charge in [0, 0.05) is 12.3 Å². The van der Waals surface area contributed by atoms with E-state index in [1.165, 1.54) is 0 Å². The molecule has 2 heterocycles. The van der Waals surface area contributed by atoms with Gasteiger partial charge in [0.1, 0.15) is 0 Å². The molecule has 8 heteroatoms. The first-order chi connectivity index (χ1) is 15.3. The van der Waals surface area contributed by atoms with Gasteiger partial charge in [0.05, 0.1) is 43.3 Å². The van der Waals surface area contributed by atoms with Crippen molar-refractivity contribution in [1.82, 2.24) is 0 Å². The number of hydrogen-bond acceptors (Lipinski definition) is 8. The van der Waals surface area contributed by atoms with Crippen molar-refractivity contribution in [2.24, 2.45) is 47.3 Å². The number of aliphatic hydroxyl groups is 1. The molecule has 4 fully saturated rings. The van der Waals surface area contributed by atoms with E-state index in [1.54, 1.807) is 6.92 Å². The monoisotopic (exact) mass is 450 g/mol. The molecular weight excluding hydrogens is 416 g/mol. The Balaban J connectivity index is 1.46. The number of fused-ring (bicyclic) bond motifs is 2. The summed E-state index contributed by atoms with van der Waals surface area (Å²) in [6, 6.07) is 0. The molecule has 0 aromatic rings. The first-order valence-electron chi connectivity index (χ1n) is 11.8. The SMILES string of the molecule is C=C(O)C1CC2CC1C(C)C2C(CC1C(=O)OC(=O)C1C)C(=O)OCCC1OCCCO1. The molecule has 2 saturated heterocycles. The maximum absolute atomic E-state index is 13.3. The van der Waals surface area contributed by atoms with Crippen LogP contribution in [0.3, 0.4) is 0 Å². The van der Waals surface area contributed by atoms with Crippen molar-refractivity contribution in [3.05, 3.63) is 12.3 Å². The molecule has 178 valence electrons. The minimum atomic E-state index is -0.639. The molecule has 2 bridgehead atoms. The summed E-state index contributed by atoms with van der Waals surface area (Å²) in [4.78, 5) is 37.5. The van der Waals surface area contributed by atoms with Crippen LogP contribution in [0.2, 0.25) is 0 Å². The Morgan fingerprint density at radius 1 is 1.19 bits per heavy atom. The fraction of sp³-hybridized carbons (Fsp3) is 0.792. The van der Waals surface area contributed by atoms with Crippen LogP contribution >= 0.6 is 0 Å². The number of aliphatic hydroxyl groups excluding tert-OH is 1. The number of hydrogen-bond donors (Lipinski definition) is 1. The molecule has 2 saturated carbocycles. The number of esters is 3. The molecule has 0 aromatic heterocycles. The van der Waals surface area contributed by atoms with E-state index in [0.29, 0.717) is 19.6 Å². The van der Waals surface area contributed by atoms with Crippen molar-refractivity contribution in [2.75, 3.05) is 19.8 Å². The van der Waals surface area contributed by atoms with E-state index in [4.69, 9.17) is 18.9 Å². The van der Waals surface area contributed by atoms with Crippen molar-refractivity contribution in [1.29, 1.82) is 0 Å². The van der Waals surface area contributed by atoms with Gasteiger partial charge in [-0.3, -0.25) is 14.4 Å². The highest BCUT2D eigenvalue weighted by molar-refractivity contribution is 5.96. The van der Waals surface area contributed by atoms with Gasteiger partial charge in [-0.25, -0.2) is 0 Å². The number of allylic oxidation sites excluding steroid dienone is 1. The number of rotatable bonds is 8. The highest BCUT2D eigenvalue weighted by Crippen LogP contribution is 2.59. The number of ether oxygens (including phenoxy) is 4. The summed E-state index contributed by atoms with van der Waals surface area (Å²) in [5.41, 5.74) is 0. The second-order valence-corrected chi connectivity index (χ2v) is 9.89. The normalized spacial score (nSPS) is 38.0. The molecule has 4 rings (SSSR count). The Hall–Kier alpha value is -1.93. The lowest BCUT2D eigenvalue weighted by atomic mass is 9.67. The summed E-state index contributed by atoms with van der Waals surface area (Å²) in [6.07, 6.45) is 2.90. The van der Waals surface area contributed by atoms with Crippen molar-refractivity contribution >= 4 is 17.9 Å². The smallest absolute Gasteiger partial charge is 0.317 e. The van der Waals surface area contributed by atoms with Crippen molar-refractivity contribution in [3.63, 3.8) is 0 Å². The third-order valence-corrected chi connectivity index (χ3v) is 8.15. The van der Waals surface area contributed by atoms with Crippen LogP contribution in [0.15, 0.2) is 12.3 Å². The molecule has 8 atom stereocenters. The predicted molar refractivity (Wildman–Crippen MR) is 112 cm³/mol. The van der Waals surface area contributed by atoms with Gasteiger partial charge in [0.15, 0.2) is 6.29 Å². The van der Waals surface area contributed by atoms with Gasteiger partial charge >= 0.3 is 17.9 Å². The second-order valence-electron chi connectivity index (χ2n) is 9.89. The Morgan fingerprint density at radius 2 is 1.91 bits per heavy atom. The summed E-state index contributed by atoms with van der Waals surface area (Å²) in [5, 5.41) is 9.99. The van der Waals surface area contributed by atoms with E-state index in [-0.39, 0.29) is 60.6 Å². The lowest BCUT2D eigenvalue weighted by Crippen LogP contribution is -2.39. The fourth-order valence-corrected chi connectivity index (χ4v) is 6.49. The molecule has 8 nitrogen and oxygen atoms in total. The van der Waals surface area contributed by atoms with Crippen LogP contribution < -0.4 is 0 Å². The molecule has 0 aromatic carbocycles. The third kappa shape index (κ3) is 4.44. The Bertz CT molecular complexity index is 755. The maximum Gasteiger partial charge on any atom is 0.317 e. The first-order valence-corrected chi connectivity index (χ1v) is 11.8. The average molecular weight is 451 g/mol. The molecule has 0 radical (unpaired) electrons. The van der Waals surface area contributed by atoms with Crippen molar-refractivity contribution < 1.29 is 38.4 Å². The predicted octanol–water partition coefficient (Wildman–Crippen LogP) is 3.00. The van der Waals surface area contributed by atoms with Crippen LogP contribution in [0, 0.1) is 47.3 Å². The van der Waals surface area contributed by atoms with Crippen LogP contribution in [-0.4, -0.2) is 49.1 Å².